The van der Waals surface area contributed by atoms with E-state index in [0.29, 0.717) is 17.1 Å². The standard InChI is InChI=1S/C9H6BrClIN3/c10-6-1-5(4-13)9(7(12)2-6)15-8(14)3-11/h1-2H,3H2,(H2,14,15). The van der Waals surface area contributed by atoms with E-state index in [9.17, 15) is 0 Å². The van der Waals surface area contributed by atoms with Gasteiger partial charge >= 0.3 is 0 Å². The average Bonchev–Trinajstić information content (AvgIpc) is 2.21. The van der Waals surface area contributed by atoms with Crippen LogP contribution < -0.4 is 5.73 Å². The number of nitriles is 1. The molecule has 1 aromatic carbocycles. The molecule has 1 rings (SSSR count). The maximum Gasteiger partial charge on any atom is 0.115 e. The third-order valence-electron chi connectivity index (χ3n) is 1.54. The van der Waals surface area contributed by atoms with Gasteiger partial charge in [0.15, 0.2) is 0 Å². The van der Waals surface area contributed by atoms with Crippen LogP contribution in [-0.2, 0) is 0 Å². The van der Waals surface area contributed by atoms with Crippen LogP contribution in [0.5, 0.6) is 0 Å². The lowest BCUT2D eigenvalue weighted by Crippen LogP contribution is -2.12. The number of amidine groups is 1. The van der Waals surface area contributed by atoms with Gasteiger partial charge in [-0.1, -0.05) is 15.9 Å². The van der Waals surface area contributed by atoms with Gasteiger partial charge in [0.05, 0.1) is 17.1 Å². The van der Waals surface area contributed by atoms with Gasteiger partial charge in [0, 0.05) is 8.04 Å². The predicted molar refractivity (Wildman–Crippen MR) is 73.6 cm³/mol. The zero-order valence-corrected chi connectivity index (χ0v) is 12.0. The molecule has 0 aliphatic heterocycles. The SMILES string of the molecule is N#Cc1cc(Br)cc(I)c1N=C(N)CCl. The molecule has 0 aliphatic rings. The second kappa shape index (κ2) is 5.68. The van der Waals surface area contributed by atoms with Gasteiger partial charge < -0.3 is 5.73 Å². The summed E-state index contributed by atoms with van der Waals surface area (Å²) in [7, 11) is 0. The van der Waals surface area contributed by atoms with Gasteiger partial charge in [-0.3, -0.25) is 0 Å². The molecule has 0 radical (unpaired) electrons. The van der Waals surface area contributed by atoms with Gasteiger partial charge in [0.2, 0.25) is 0 Å². The third-order valence-corrected chi connectivity index (χ3v) is 3.09. The van der Waals surface area contributed by atoms with E-state index in [-0.39, 0.29) is 5.88 Å². The smallest absolute Gasteiger partial charge is 0.115 e. The fraction of sp³-hybridized carbons (Fsp3) is 0.111. The Morgan fingerprint density at radius 3 is 2.87 bits per heavy atom. The van der Waals surface area contributed by atoms with Crippen molar-refractivity contribution in [1.82, 2.24) is 0 Å². The van der Waals surface area contributed by atoms with Crippen molar-refractivity contribution in [2.75, 3.05) is 5.88 Å². The molecular weight excluding hydrogens is 392 g/mol. The Labute approximate surface area is 115 Å². The molecule has 78 valence electrons. The van der Waals surface area contributed by atoms with Crippen molar-refractivity contribution in [2.45, 2.75) is 0 Å². The predicted octanol–water partition coefficient (Wildman–Crippen LogP) is 3.15. The summed E-state index contributed by atoms with van der Waals surface area (Å²) in [6.07, 6.45) is 0. The van der Waals surface area contributed by atoms with Crippen LogP contribution in [0.3, 0.4) is 0 Å². The lowest BCUT2D eigenvalue weighted by molar-refractivity contribution is 1.38. The van der Waals surface area contributed by atoms with Crippen LogP contribution in [0.4, 0.5) is 5.69 Å². The first-order chi connectivity index (χ1) is 7.08. The van der Waals surface area contributed by atoms with Gasteiger partial charge in [0.1, 0.15) is 11.9 Å². The van der Waals surface area contributed by atoms with Crippen LogP contribution in [0.25, 0.3) is 0 Å². The fourth-order valence-corrected chi connectivity index (χ4v) is 2.63. The van der Waals surface area contributed by atoms with Crippen LogP contribution in [0.1, 0.15) is 5.56 Å². The topological polar surface area (TPSA) is 62.2 Å². The Morgan fingerprint density at radius 1 is 1.67 bits per heavy atom. The van der Waals surface area contributed by atoms with E-state index < -0.39 is 0 Å². The first-order valence-corrected chi connectivity index (χ1v) is 6.27. The first-order valence-electron chi connectivity index (χ1n) is 3.86. The monoisotopic (exact) mass is 397 g/mol. The van der Waals surface area contributed by atoms with Crippen molar-refractivity contribution >= 4 is 61.6 Å². The number of hydrogen-bond acceptors (Lipinski definition) is 2. The third kappa shape index (κ3) is 3.33. The van der Waals surface area contributed by atoms with Crippen molar-refractivity contribution in [2.24, 2.45) is 10.7 Å². The summed E-state index contributed by atoms with van der Waals surface area (Å²) in [6, 6.07) is 5.63. The molecule has 0 heterocycles. The molecule has 0 fully saturated rings. The first kappa shape index (κ1) is 12.7. The molecule has 0 amide bonds. The molecule has 0 atom stereocenters. The maximum absolute atomic E-state index is 8.94. The van der Waals surface area contributed by atoms with Gasteiger partial charge in [-0.15, -0.1) is 11.6 Å². The second-order valence-corrected chi connectivity index (χ2v) is 4.98. The Hall–Kier alpha value is -0.320. The van der Waals surface area contributed by atoms with Crippen LogP contribution >= 0.6 is 50.1 Å². The van der Waals surface area contributed by atoms with Crippen molar-refractivity contribution in [1.29, 1.82) is 5.26 Å². The molecule has 0 saturated heterocycles. The second-order valence-electron chi connectivity index (χ2n) is 2.63. The maximum atomic E-state index is 8.94. The Kier molecular flexibility index (Phi) is 4.83. The molecule has 1 aromatic rings. The van der Waals surface area contributed by atoms with Crippen LogP contribution in [-0.4, -0.2) is 11.7 Å². The highest BCUT2D eigenvalue weighted by Gasteiger charge is 2.07. The lowest BCUT2D eigenvalue weighted by atomic mass is 10.2. The van der Waals surface area contributed by atoms with Gasteiger partial charge in [-0.25, -0.2) is 4.99 Å². The number of nitrogens with zero attached hydrogens (tertiary/aromatic N) is 2. The largest absolute Gasteiger partial charge is 0.386 e. The van der Waals surface area contributed by atoms with Crippen LogP contribution in [0.2, 0.25) is 0 Å². The normalized spacial score (nSPS) is 11.2. The minimum absolute atomic E-state index is 0.150. The number of hydrogen-bond donors (Lipinski definition) is 1. The van der Waals surface area contributed by atoms with E-state index >= 15 is 0 Å². The van der Waals surface area contributed by atoms with Crippen molar-refractivity contribution in [3.8, 4) is 6.07 Å². The van der Waals surface area contributed by atoms with Gasteiger partial charge in [-0.2, -0.15) is 5.26 Å². The summed E-state index contributed by atoms with van der Waals surface area (Å²) in [5, 5.41) is 8.94. The van der Waals surface area contributed by atoms with Gasteiger partial charge in [-0.05, 0) is 34.7 Å². The molecule has 6 heteroatoms. The summed E-state index contributed by atoms with van der Waals surface area (Å²) in [6.45, 7) is 0. The molecule has 0 unspecified atom stereocenters. The highest BCUT2D eigenvalue weighted by atomic mass is 127. The quantitative estimate of drug-likeness (QED) is 0.360. The summed E-state index contributed by atoms with van der Waals surface area (Å²) in [4.78, 5) is 4.10. The molecule has 3 nitrogen and oxygen atoms in total. The summed E-state index contributed by atoms with van der Waals surface area (Å²) in [5.74, 6) is 0.449. The Bertz CT molecular complexity index is 453. The minimum Gasteiger partial charge on any atom is -0.386 e. The number of benzene rings is 1. The van der Waals surface area contributed by atoms with E-state index in [4.69, 9.17) is 22.6 Å². The highest BCUT2D eigenvalue weighted by molar-refractivity contribution is 14.1. The molecule has 2 N–H and O–H groups in total. The van der Waals surface area contributed by atoms with Crippen molar-refractivity contribution in [3.05, 3.63) is 25.7 Å². The Morgan fingerprint density at radius 2 is 2.33 bits per heavy atom. The summed E-state index contributed by atoms with van der Waals surface area (Å²) >= 11 is 10.9. The highest BCUT2D eigenvalue weighted by Crippen LogP contribution is 2.29. The van der Waals surface area contributed by atoms with Gasteiger partial charge in [0.25, 0.3) is 0 Å². The molecule has 0 saturated carbocycles. The minimum atomic E-state index is 0.150. The Balaban J connectivity index is 3.35. The number of aliphatic imine (C=N–C) groups is 1. The molecule has 15 heavy (non-hydrogen) atoms. The van der Waals surface area contributed by atoms with Crippen molar-refractivity contribution < 1.29 is 0 Å². The number of nitrogens with two attached hydrogens (primary N) is 1. The molecule has 0 aliphatic carbocycles. The zero-order chi connectivity index (χ0) is 11.4. The van der Waals surface area contributed by atoms with E-state index in [1.807, 2.05) is 6.07 Å². The van der Waals surface area contributed by atoms with Crippen molar-refractivity contribution in [3.63, 3.8) is 0 Å². The van der Waals surface area contributed by atoms with E-state index in [2.05, 4.69) is 49.6 Å². The van der Waals surface area contributed by atoms with E-state index in [1.54, 1.807) is 6.07 Å². The summed E-state index contributed by atoms with van der Waals surface area (Å²) in [5.41, 5.74) is 6.57. The number of alkyl halides is 1. The van der Waals surface area contributed by atoms with Crippen LogP contribution in [0.15, 0.2) is 21.6 Å². The molecule has 0 aromatic heterocycles. The molecular formula is C9H6BrClIN3. The molecule has 0 bridgehead atoms. The number of rotatable bonds is 2. The summed E-state index contributed by atoms with van der Waals surface area (Å²) < 4.78 is 1.69. The van der Waals surface area contributed by atoms with Crippen LogP contribution in [0, 0.1) is 14.9 Å². The van der Waals surface area contributed by atoms with E-state index in [1.165, 1.54) is 0 Å². The molecule has 0 spiro atoms. The lowest BCUT2D eigenvalue weighted by Gasteiger charge is -2.03. The average molecular weight is 398 g/mol. The fourth-order valence-electron chi connectivity index (χ4n) is 0.938. The van der Waals surface area contributed by atoms with E-state index in [0.717, 1.165) is 8.04 Å². The number of halogens is 3. The zero-order valence-electron chi connectivity index (χ0n) is 7.47.